The fraction of sp³-hybridized carbons (Fsp3) is 0.0667. The number of hydrogen-bond donors (Lipinski definition) is 0. The van der Waals surface area contributed by atoms with E-state index in [4.69, 9.17) is 4.74 Å². The molecule has 1 aromatic heterocycles. The van der Waals surface area contributed by atoms with Crippen molar-refractivity contribution in [1.29, 1.82) is 0 Å². The van der Waals surface area contributed by atoms with Crippen LogP contribution >= 0.6 is 11.3 Å². The average molecular weight is 269 g/mol. The van der Waals surface area contributed by atoms with Gasteiger partial charge in [-0.1, -0.05) is 18.2 Å². The molecule has 3 nitrogen and oxygen atoms in total. The number of ether oxygens (including phenoxy) is 1. The van der Waals surface area contributed by atoms with Gasteiger partial charge in [-0.15, -0.1) is 11.3 Å². The van der Waals surface area contributed by atoms with E-state index in [1.54, 1.807) is 0 Å². The predicted molar refractivity (Wildman–Crippen MR) is 75.9 cm³/mol. The third-order valence-corrected chi connectivity index (χ3v) is 3.70. The topological polar surface area (TPSA) is 39.2 Å². The summed E-state index contributed by atoms with van der Waals surface area (Å²) in [5.74, 6) is 1.55. The molecule has 1 heterocycles. The van der Waals surface area contributed by atoms with E-state index in [1.807, 2.05) is 48.5 Å². The minimum absolute atomic E-state index is 0.369. The summed E-state index contributed by atoms with van der Waals surface area (Å²) in [4.78, 5) is 14.9. The Bertz CT molecular complexity index is 706. The van der Waals surface area contributed by atoms with Crippen LogP contribution in [0.4, 0.5) is 0 Å². The monoisotopic (exact) mass is 269 g/mol. The van der Waals surface area contributed by atoms with Crippen LogP contribution in [0.15, 0.2) is 48.5 Å². The number of nitrogens with zero attached hydrogens (tertiary/aromatic N) is 1. The Morgan fingerprint density at radius 1 is 1.11 bits per heavy atom. The molecule has 0 aliphatic carbocycles. The molecule has 0 bridgehead atoms. The van der Waals surface area contributed by atoms with E-state index in [9.17, 15) is 4.79 Å². The van der Waals surface area contributed by atoms with Gasteiger partial charge in [-0.05, 0) is 24.3 Å². The molecule has 3 rings (SSSR count). The largest absolute Gasteiger partial charge is 0.457 e. The molecular weight excluding hydrogens is 258 g/mol. The summed E-state index contributed by atoms with van der Waals surface area (Å²) in [6.07, 6.45) is 1.24. The zero-order valence-electron chi connectivity index (χ0n) is 10.1. The minimum Gasteiger partial charge on any atom is -0.457 e. The molecule has 0 amide bonds. The molecule has 4 heteroatoms. The molecule has 0 saturated heterocycles. The molecule has 0 radical (unpaired) electrons. The van der Waals surface area contributed by atoms with E-state index >= 15 is 0 Å². The van der Waals surface area contributed by atoms with Gasteiger partial charge in [0.05, 0.1) is 16.6 Å². The Labute approximate surface area is 114 Å². The Kier molecular flexibility index (Phi) is 3.25. The fourth-order valence-corrected chi connectivity index (χ4v) is 2.70. The van der Waals surface area contributed by atoms with Crippen LogP contribution in [0, 0.1) is 0 Å². The zero-order chi connectivity index (χ0) is 13.1. The second kappa shape index (κ2) is 5.20. The lowest BCUT2D eigenvalue weighted by atomic mass is 10.3. The first-order chi connectivity index (χ1) is 9.35. The Morgan fingerprint density at radius 2 is 1.95 bits per heavy atom. The number of carbonyl (C=O) groups is 1. The molecule has 0 aliphatic rings. The number of rotatable bonds is 4. The highest BCUT2D eigenvalue weighted by atomic mass is 32.1. The van der Waals surface area contributed by atoms with Crippen LogP contribution in [0.5, 0.6) is 11.5 Å². The number of hydrogen-bond acceptors (Lipinski definition) is 4. The molecule has 94 valence electrons. The van der Waals surface area contributed by atoms with Crippen molar-refractivity contribution in [3.63, 3.8) is 0 Å². The van der Waals surface area contributed by atoms with E-state index < -0.39 is 0 Å². The molecule has 0 unspecified atom stereocenters. The van der Waals surface area contributed by atoms with Crippen LogP contribution in [-0.2, 0) is 11.2 Å². The molecule has 0 saturated carbocycles. The Hall–Kier alpha value is -2.20. The van der Waals surface area contributed by atoms with E-state index in [1.165, 1.54) is 11.3 Å². The summed E-state index contributed by atoms with van der Waals surface area (Å²) < 4.78 is 6.82. The summed E-state index contributed by atoms with van der Waals surface area (Å²) in [5.41, 5.74) is 0.871. The van der Waals surface area contributed by atoms with Crippen molar-refractivity contribution < 1.29 is 9.53 Å². The lowest BCUT2D eigenvalue weighted by molar-refractivity contribution is -0.107. The molecule has 2 aromatic carbocycles. The van der Waals surface area contributed by atoms with Gasteiger partial charge in [0.1, 0.15) is 22.8 Å². The number of aldehydes is 1. The van der Waals surface area contributed by atoms with E-state index in [2.05, 4.69) is 4.98 Å². The maximum absolute atomic E-state index is 10.5. The van der Waals surface area contributed by atoms with Crippen molar-refractivity contribution in [2.75, 3.05) is 0 Å². The summed E-state index contributed by atoms with van der Waals surface area (Å²) in [6, 6.07) is 15.4. The van der Waals surface area contributed by atoms with Gasteiger partial charge in [0.15, 0.2) is 0 Å². The Morgan fingerprint density at radius 3 is 2.74 bits per heavy atom. The highest BCUT2D eigenvalue weighted by Crippen LogP contribution is 2.28. The minimum atomic E-state index is 0.369. The van der Waals surface area contributed by atoms with Crippen molar-refractivity contribution in [2.24, 2.45) is 0 Å². The van der Waals surface area contributed by atoms with Gasteiger partial charge in [0, 0.05) is 6.07 Å². The predicted octanol–water partition coefficient (Wildman–Crippen LogP) is 3.83. The fourth-order valence-electron chi connectivity index (χ4n) is 1.80. The molecule has 0 aliphatic heterocycles. The lowest BCUT2D eigenvalue weighted by Crippen LogP contribution is -1.84. The highest BCUT2D eigenvalue weighted by molar-refractivity contribution is 7.18. The van der Waals surface area contributed by atoms with Crippen molar-refractivity contribution in [2.45, 2.75) is 6.42 Å². The number of thiazole rings is 1. The zero-order valence-corrected chi connectivity index (χ0v) is 10.9. The van der Waals surface area contributed by atoms with E-state index in [-0.39, 0.29) is 0 Å². The first-order valence-corrected chi connectivity index (χ1v) is 6.73. The summed E-state index contributed by atoms with van der Waals surface area (Å²) >= 11 is 1.54. The Balaban J connectivity index is 1.90. The first-order valence-electron chi connectivity index (χ1n) is 5.91. The maximum Gasteiger partial charge on any atom is 0.129 e. The molecule has 0 N–H and O–H groups in total. The van der Waals surface area contributed by atoms with E-state index in [0.717, 1.165) is 33.0 Å². The molecular formula is C15H11NO2S. The van der Waals surface area contributed by atoms with Crippen molar-refractivity contribution >= 4 is 27.8 Å². The molecule has 3 aromatic rings. The van der Waals surface area contributed by atoms with Gasteiger partial charge in [-0.2, -0.15) is 0 Å². The highest BCUT2D eigenvalue weighted by Gasteiger charge is 2.05. The van der Waals surface area contributed by atoms with Crippen LogP contribution in [0.2, 0.25) is 0 Å². The summed E-state index contributed by atoms with van der Waals surface area (Å²) in [6.45, 7) is 0. The summed E-state index contributed by atoms with van der Waals surface area (Å²) in [5, 5.41) is 0.835. The van der Waals surface area contributed by atoms with Crippen LogP contribution in [0.1, 0.15) is 5.01 Å². The SMILES string of the molecule is O=CCc1nc2cc(Oc3ccccc3)ccc2s1. The van der Waals surface area contributed by atoms with Crippen molar-refractivity contribution in [3.8, 4) is 11.5 Å². The number of para-hydroxylation sites is 1. The third kappa shape index (κ3) is 2.63. The number of carbonyl (C=O) groups excluding carboxylic acids is 1. The number of aromatic nitrogens is 1. The van der Waals surface area contributed by atoms with Gasteiger partial charge in [-0.25, -0.2) is 4.98 Å². The van der Waals surface area contributed by atoms with Crippen LogP contribution in [-0.4, -0.2) is 11.3 Å². The van der Waals surface area contributed by atoms with Crippen molar-refractivity contribution in [3.05, 3.63) is 53.5 Å². The smallest absolute Gasteiger partial charge is 0.129 e. The van der Waals surface area contributed by atoms with E-state index in [0.29, 0.717) is 6.42 Å². The van der Waals surface area contributed by atoms with Crippen LogP contribution in [0.3, 0.4) is 0 Å². The summed E-state index contributed by atoms with van der Waals surface area (Å²) in [7, 11) is 0. The quantitative estimate of drug-likeness (QED) is 0.676. The second-order valence-corrected chi connectivity index (χ2v) is 5.14. The molecule has 0 atom stereocenters. The molecule has 0 spiro atoms. The van der Waals surface area contributed by atoms with Gasteiger partial charge in [0.25, 0.3) is 0 Å². The lowest BCUT2D eigenvalue weighted by Gasteiger charge is -2.04. The van der Waals surface area contributed by atoms with Gasteiger partial charge in [-0.3, -0.25) is 0 Å². The normalized spacial score (nSPS) is 10.5. The first kappa shape index (κ1) is 11.9. The number of benzene rings is 2. The molecule has 0 fully saturated rings. The maximum atomic E-state index is 10.5. The van der Waals surface area contributed by atoms with Crippen LogP contribution < -0.4 is 4.74 Å². The second-order valence-electron chi connectivity index (χ2n) is 4.02. The van der Waals surface area contributed by atoms with Crippen LogP contribution in [0.25, 0.3) is 10.2 Å². The van der Waals surface area contributed by atoms with Gasteiger partial charge < -0.3 is 9.53 Å². The van der Waals surface area contributed by atoms with Gasteiger partial charge in [0.2, 0.25) is 0 Å². The third-order valence-electron chi connectivity index (χ3n) is 2.64. The van der Waals surface area contributed by atoms with Crippen molar-refractivity contribution in [1.82, 2.24) is 4.98 Å². The number of fused-ring (bicyclic) bond motifs is 1. The standard InChI is InChI=1S/C15H11NO2S/c17-9-8-15-16-13-10-12(6-7-14(13)19-15)18-11-4-2-1-3-5-11/h1-7,9-10H,8H2. The average Bonchev–Trinajstić information content (AvgIpc) is 2.82. The van der Waals surface area contributed by atoms with Gasteiger partial charge >= 0.3 is 0 Å². The molecule has 19 heavy (non-hydrogen) atoms.